The molecule has 0 spiro atoms. The molecule has 1 aromatic heterocycles. The van der Waals surface area contributed by atoms with Gasteiger partial charge in [-0.15, -0.1) is 0 Å². The van der Waals surface area contributed by atoms with E-state index >= 15 is 0 Å². The number of nitrogens with zero attached hydrogens (tertiary/aromatic N) is 2. The maximum Gasteiger partial charge on any atom is 0.0631 e. The summed E-state index contributed by atoms with van der Waals surface area (Å²) in [6, 6.07) is 0. The predicted molar refractivity (Wildman–Crippen MR) is 60.8 cm³/mol. The molecule has 0 saturated carbocycles. The van der Waals surface area contributed by atoms with Gasteiger partial charge in [-0.2, -0.15) is 5.10 Å². The molecule has 0 atom stereocenters. The van der Waals surface area contributed by atoms with E-state index in [1.54, 1.807) is 0 Å². The third-order valence-electron chi connectivity index (χ3n) is 2.56. The molecule has 2 nitrogen and oxygen atoms in total. The first-order valence-corrected chi connectivity index (χ1v) is 5.31. The molecule has 1 heterocycles. The van der Waals surface area contributed by atoms with Crippen molar-refractivity contribution in [2.75, 3.05) is 0 Å². The van der Waals surface area contributed by atoms with Gasteiger partial charge in [0.2, 0.25) is 0 Å². The Morgan fingerprint density at radius 2 is 1.64 bits per heavy atom. The van der Waals surface area contributed by atoms with Crippen LogP contribution in [0.25, 0.3) is 0 Å². The van der Waals surface area contributed by atoms with E-state index in [0.717, 1.165) is 0 Å². The lowest BCUT2D eigenvalue weighted by Crippen LogP contribution is -2.24. The normalized spacial score (nSPS) is 12.6. The van der Waals surface area contributed by atoms with Gasteiger partial charge in [0.15, 0.2) is 0 Å². The van der Waals surface area contributed by atoms with E-state index in [0.29, 0.717) is 5.92 Å². The zero-order valence-electron chi connectivity index (χ0n) is 10.5. The first-order valence-electron chi connectivity index (χ1n) is 5.31. The topological polar surface area (TPSA) is 17.8 Å². The molecule has 0 N–H and O–H groups in total. The van der Waals surface area contributed by atoms with E-state index in [-0.39, 0.29) is 5.54 Å². The number of aryl methyl sites for hydroxylation is 1. The van der Waals surface area contributed by atoms with Crippen LogP contribution in [0.1, 0.15) is 57.5 Å². The molecule has 0 aromatic carbocycles. The molecule has 14 heavy (non-hydrogen) atoms. The quantitative estimate of drug-likeness (QED) is 0.670. The zero-order valence-corrected chi connectivity index (χ0v) is 10.5. The molecule has 0 fully saturated rings. The third-order valence-corrected chi connectivity index (χ3v) is 2.56. The van der Waals surface area contributed by atoms with Crippen molar-refractivity contribution in [2.45, 2.75) is 59.9 Å². The maximum absolute atomic E-state index is 4.62. The summed E-state index contributed by atoms with van der Waals surface area (Å²) in [7, 11) is 0. The van der Waals surface area contributed by atoms with Crippen LogP contribution in [-0.2, 0) is 5.54 Å². The van der Waals surface area contributed by atoms with Crippen LogP contribution in [0.2, 0.25) is 0 Å². The molecular formula is C12H22N2. The van der Waals surface area contributed by atoms with E-state index in [4.69, 9.17) is 0 Å². The summed E-state index contributed by atoms with van der Waals surface area (Å²) in [5, 5.41) is 4.62. The first kappa shape index (κ1) is 11.3. The van der Waals surface area contributed by atoms with E-state index in [2.05, 4.69) is 58.2 Å². The number of hydrogen-bond donors (Lipinski definition) is 0. The fourth-order valence-corrected chi connectivity index (χ4v) is 2.14. The molecule has 0 aliphatic rings. The highest BCUT2D eigenvalue weighted by atomic mass is 15.3. The van der Waals surface area contributed by atoms with Gasteiger partial charge < -0.3 is 0 Å². The second-order valence-corrected chi connectivity index (χ2v) is 5.32. The van der Waals surface area contributed by atoms with E-state index in [1.165, 1.54) is 17.0 Å². The summed E-state index contributed by atoms with van der Waals surface area (Å²) in [4.78, 5) is 0. The smallest absolute Gasteiger partial charge is 0.0631 e. The van der Waals surface area contributed by atoms with Crippen molar-refractivity contribution in [1.29, 1.82) is 0 Å². The molecule has 0 aliphatic carbocycles. The van der Waals surface area contributed by atoms with Crippen molar-refractivity contribution < 1.29 is 0 Å². The molecule has 0 unspecified atom stereocenters. The third kappa shape index (κ3) is 1.84. The summed E-state index contributed by atoms with van der Waals surface area (Å²) in [6.45, 7) is 15.3. The van der Waals surface area contributed by atoms with Crippen molar-refractivity contribution in [2.24, 2.45) is 0 Å². The standard InChI is InChI=1S/C12H22N2/c1-8(2)11-9(3)13-14(10(11)4)12(5,6)7/h8H,1-7H3. The van der Waals surface area contributed by atoms with Crippen LogP contribution < -0.4 is 0 Å². The summed E-state index contributed by atoms with van der Waals surface area (Å²) < 4.78 is 2.14. The Bertz CT molecular complexity index is 327. The van der Waals surface area contributed by atoms with Gasteiger partial charge in [-0.25, -0.2) is 0 Å². The minimum absolute atomic E-state index is 0.0853. The highest BCUT2D eigenvalue weighted by Gasteiger charge is 2.21. The molecule has 1 aromatic rings. The zero-order chi connectivity index (χ0) is 11.1. The van der Waals surface area contributed by atoms with Crippen LogP contribution in [0.15, 0.2) is 0 Å². The fourth-order valence-electron chi connectivity index (χ4n) is 2.14. The monoisotopic (exact) mass is 194 g/mol. The molecule has 0 bridgehead atoms. The summed E-state index contributed by atoms with van der Waals surface area (Å²) in [6.07, 6.45) is 0. The minimum Gasteiger partial charge on any atom is -0.264 e. The van der Waals surface area contributed by atoms with Crippen LogP contribution in [0, 0.1) is 13.8 Å². The maximum atomic E-state index is 4.62. The van der Waals surface area contributed by atoms with Crippen molar-refractivity contribution in [1.82, 2.24) is 9.78 Å². The lowest BCUT2D eigenvalue weighted by Gasteiger charge is -2.21. The Hall–Kier alpha value is -0.790. The molecule has 0 saturated heterocycles. The largest absolute Gasteiger partial charge is 0.264 e. The molecule has 0 aliphatic heterocycles. The summed E-state index contributed by atoms with van der Waals surface area (Å²) in [5.41, 5.74) is 3.97. The minimum atomic E-state index is 0.0853. The average molecular weight is 194 g/mol. The molecule has 0 amide bonds. The highest BCUT2D eigenvalue weighted by molar-refractivity contribution is 5.28. The second kappa shape index (κ2) is 3.41. The Kier molecular flexibility index (Phi) is 2.75. The predicted octanol–water partition coefficient (Wildman–Crippen LogP) is 3.38. The number of hydrogen-bond acceptors (Lipinski definition) is 1. The Morgan fingerprint density at radius 3 is 1.86 bits per heavy atom. The van der Waals surface area contributed by atoms with Crippen LogP contribution in [0.4, 0.5) is 0 Å². The van der Waals surface area contributed by atoms with Crippen molar-refractivity contribution in [3.8, 4) is 0 Å². The van der Waals surface area contributed by atoms with E-state index in [1.807, 2.05) is 0 Å². The van der Waals surface area contributed by atoms with Crippen LogP contribution in [-0.4, -0.2) is 9.78 Å². The van der Waals surface area contributed by atoms with Crippen LogP contribution >= 0.6 is 0 Å². The van der Waals surface area contributed by atoms with Gasteiger partial charge >= 0.3 is 0 Å². The molecular weight excluding hydrogens is 172 g/mol. The Balaban J connectivity index is 3.31. The van der Waals surface area contributed by atoms with Gasteiger partial charge in [0.25, 0.3) is 0 Å². The van der Waals surface area contributed by atoms with Crippen LogP contribution in [0.3, 0.4) is 0 Å². The first-order chi connectivity index (χ1) is 6.25. The molecule has 2 heteroatoms. The fraction of sp³-hybridized carbons (Fsp3) is 0.750. The summed E-state index contributed by atoms with van der Waals surface area (Å²) >= 11 is 0. The number of rotatable bonds is 1. The van der Waals surface area contributed by atoms with Gasteiger partial charge in [0.1, 0.15) is 0 Å². The van der Waals surface area contributed by atoms with Gasteiger partial charge in [-0.3, -0.25) is 4.68 Å². The van der Waals surface area contributed by atoms with Gasteiger partial charge in [-0.05, 0) is 46.1 Å². The molecule has 0 radical (unpaired) electrons. The molecule has 80 valence electrons. The van der Waals surface area contributed by atoms with Crippen molar-refractivity contribution >= 4 is 0 Å². The molecule has 1 rings (SSSR count). The summed E-state index contributed by atoms with van der Waals surface area (Å²) in [5.74, 6) is 0.561. The van der Waals surface area contributed by atoms with Gasteiger partial charge in [0, 0.05) is 5.69 Å². The van der Waals surface area contributed by atoms with Gasteiger partial charge in [0.05, 0.1) is 11.2 Å². The van der Waals surface area contributed by atoms with E-state index in [9.17, 15) is 0 Å². The number of aromatic nitrogens is 2. The second-order valence-electron chi connectivity index (χ2n) is 5.32. The highest BCUT2D eigenvalue weighted by Crippen LogP contribution is 2.26. The average Bonchev–Trinajstić information content (AvgIpc) is 2.24. The Labute approximate surface area is 87.3 Å². The lowest BCUT2D eigenvalue weighted by atomic mass is 10.0. The van der Waals surface area contributed by atoms with E-state index < -0.39 is 0 Å². The van der Waals surface area contributed by atoms with Crippen LogP contribution in [0.5, 0.6) is 0 Å². The van der Waals surface area contributed by atoms with Gasteiger partial charge in [-0.1, -0.05) is 13.8 Å². The van der Waals surface area contributed by atoms with Crippen molar-refractivity contribution in [3.05, 3.63) is 17.0 Å². The van der Waals surface area contributed by atoms with Crippen molar-refractivity contribution in [3.63, 3.8) is 0 Å². The Morgan fingerprint density at radius 1 is 1.14 bits per heavy atom. The SMILES string of the molecule is Cc1nn(C(C)(C)C)c(C)c1C(C)C. The lowest BCUT2D eigenvalue weighted by molar-refractivity contribution is 0.346.